The molecule has 1 nitrogen and oxygen atoms in total. The topological polar surface area (TPSA) is 9.23 Å². The van der Waals surface area contributed by atoms with Gasteiger partial charge in [-0.3, -0.25) is 0 Å². The standard InChI is InChI=1S/C14H10ClF3O/c15-7-9-1-4-14(13(18)5-9)19-8-10-2-3-11(16)6-12(10)17/h1-6H,7-8H2. The van der Waals surface area contributed by atoms with Crippen molar-refractivity contribution in [3.05, 3.63) is 65.0 Å². The predicted octanol–water partition coefficient (Wildman–Crippen LogP) is 4.42. The maximum absolute atomic E-state index is 13.6. The van der Waals surface area contributed by atoms with E-state index in [1.165, 1.54) is 18.2 Å². The molecule has 19 heavy (non-hydrogen) atoms. The third-order valence-electron chi connectivity index (χ3n) is 2.55. The van der Waals surface area contributed by atoms with Gasteiger partial charge in [-0.05, 0) is 29.8 Å². The highest BCUT2D eigenvalue weighted by Crippen LogP contribution is 2.21. The first-order valence-electron chi connectivity index (χ1n) is 5.51. The van der Waals surface area contributed by atoms with Gasteiger partial charge in [0, 0.05) is 17.5 Å². The van der Waals surface area contributed by atoms with Crippen molar-refractivity contribution in [3.63, 3.8) is 0 Å². The molecule has 0 aliphatic carbocycles. The van der Waals surface area contributed by atoms with Crippen molar-refractivity contribution in [2.24, 2.45) is 0 Å². The van der Waals surface area contributed by atoms with Crippen molar-refractivity contribution in [2.75, 3.05) is 0 Å². The zero-order valence-electron chi connectivity index (χ0n) is 9.80. The lowest BCUT2D eigenvalue weighted by Gasteiger charge is -2.09. The Bertz CT molecular complexity index is 587. The molecule has 0 fully saturated rings. The summed E-state index contributed by atoms with van der Waals surface area (Å²) in [5.74, 6) is -1.76. The lowest BCUT2D eigenvalue weighted by atomic mass is 10.2. The average molecular weight is 287 g/mol. The SMILES string of the molecule is Fc1ccc(COc2ccc(CCl)cc2F)c(F)c1. The second-order valence-electron chi connectivity index (χ2n) is 3.92. The largest absolute Gasteiger partial charge is 0.486 e. The van der Waals surface area contributed by atoms with Crippen LogP contribution in [0.25, 0.3) is 0 Å². The minimum Gasteiger partial charge on any atom is -0.486 e. The van der Waals surface area contributed by atoms with Crippen LogP contribution >= 0.6 is 11.6 Å². The second kappa shape index (κ2) is 5.97. The summed E-state index contributed by atoms with van der Waals surface area (Å²) >= 11 is 5.57. The maximum Gasteiger partial charge on any atom is 0.165 e. The Kier molecular flexibility index (Phi) is 4.32. The summed E-state index contributed by atoms with van der Waals surface area (Å²) in [6.07, 6.45) is 0. The summed E-state index contributed by atoms with van der Waals surface area (Å²) in [6.45, 7) is -0.177. The van der Waals surface area contributed by atoms with E-state index in [1.807, 2.05) is 0 Å². The average Bonchev–Trinajstić information content (AvgIpc) is 2.39. The van der Waals surface area contributed by atoms with E-state index in [-0.39, 0.29) is 23.8 Å². The van der Waals surface area contributed by atoms with E-state index >= 15 is 0 Å². The van der Waals surface area contributed by atoms with Gasteiger partial charge in [-0.25, -0.2) is 13.2 Å². The molecule has 0 saturated carbocycles. The van der Waals surface area contributed by atoms with Gasteiger partial charge in [0.1, 0.15) is 18.2 Å². The molecule has 0 N–H and O–H groups in total. The molecule has 0 radical (unpaired) electrons. The molecular formula is C14H10ClF3O. The summed E-state index contributed by atoms with van der Waals surface area (Å²) in [5.41, 5.74) is 0.779. The summed E-state index contributed by atoms with van der Waals surface area (Å²) in [6, 6.07) is 7.43. The van der Waals surface area contributed by atoms with Crippen molar-refractivity contribution >= 4 is 11.6 Å². The molecule has 2 rings (SSSR count). The molecular weight excluding hydrogens is 277 g/mol. The first kappa shape index (κ1) is 13.7. The summed E-state index contributed by atoms with van der Waals surface area (Å²) < 4.78 is 44.8. The Labute approximate surface area is 113 Å². The minimum atomic E-state index is -0.724. The Hall–Kier alpha value is -1.68. The van der Waals surface area contributed by atoms with E-state index in [4.69, 9.17) is 16.3 Å². The molecule has 2 aromatic carbocycles. The van der Waals surface area contributed by atoms with Gasteiger partial charge in [-0.2, -0.15) is 0 Å². The zero-order chi connectivity index (χ0) is 13.8. The maximum atomic E-state index is 13.6. The van der Waals surface area contributed by atoms with Crippen LogP contribution in [0.15, 0.2) is 36.4 Å². The molecule has 0 unspecified atom stereocenters. The van der Waals surface area contributed by atoms with Crippen LogP contribution in [0.3, 0.4) is 0 Å². The Balaban J connectivity index is 2.10. The van der Waals surface area contributed by atoms with Crippen molar-refractivity contribution in [1.82, 2.24) is 0 Å². The van der Waals surface area contributed by atoms with Gasteiger partial charge < -0.3 is 4.74 Å². The number of ether oxygens (including phenoxy) is 1. The van der Waals surface area contributed by atoms with Crippen molar-refractivity contribution in [2.45, 2.75) is 12.5 Å². The molecule has 0 saturated heterocycles. The Morgan fingerprint density at radius 3 is 2.37 bits per heavy atom. The summed E-state index contributed by atoms with van der Waals surface area (Å²) in [4.78, 5) is 0. The van der Waals surface area contributed by atoms with Gasteiger partial charge in [0.15, 0.2) is 11.6 Å². The Morgan fingerprint density at radius 1 is 0.947 bits per heavy atom. The van der Waals surface area contributed by atoms with Gasteiger partial charge in [-0.15, -0.1) is 11.6 Å². The number of benzene rings is 2. The third-order valence-corrected chi connectivity index (χ3v) is 2.86. The molecule has 0 aliphatic rings. The quantitative estimate of drug-likeness (QED) is 0.756. The predicted molar refractivity (Wildman–Crippen MR) is 66.6 cm³/mol. The molecule has 0 amide bonds. The lowest BCUT2D eigenvalue weighted by Crippen LogP contribution is -2.00. The Morgan fingerprint density at radius 2 is 1.74 bits per heavy atom. The van der Waals surface area contributed by atoms with Crippen LogP contribution in [0.2, 0.25) is 0 Å². The van der Waals surface area contributed by atoms with Crippen LogP contribution in [0.4, 0.5) is 13.2 Å². The highest BCUT2D eigenvalue weighted by Gasteiger charge is 2.08. The fourth-order valence-electron chi connectivity index (χ4n) is 1.54. The first-order valence-corrected chi connectivity index (χ1v) is 6.04. The van der Waals surface area contributed by atoms with Gasteiger partial charge in [0.25, 0.3) is 0 Å². The van der Waals surface area contributed by atoms with E-state index in [0.717, 1.165) is 12.1 Å². The highest BCUT2D eigenvalue weighted by molar-refractivity contribution is 6.17. The molecule has 0 spiro atoms. The number of hydrogen-bond acceptors (Lipinski definition) is 1. The van der Waals surface area contributed by atoms with Gasteiger partial charge in [0.05, 0.1) is 0 Å². The van der Waals surface area contributed by atoms with Crippen LogP contribution in [0.5, 0.6) is 5.75 Å². The molecule has 0 aliphatic heterocycles. The number of alkyl halides is 1. The molecule has 0 aromatic heterocycles. The third kappa shape index (κ3) is 3.41. The molecule has 0 heterocycles. The summed E-state index contributed by atoms with van der Waals surface area (Å²) in [5, 5.41) is 0. The van der Waals surface area contributed by atoms with Crippen molar-refractivity contribution in [3.8, 4) is 5.75 Å². The van der Waals surface area contributed by atoms with Crippen LogP contribution in [-0.2, 0) is 12.5 Å². The monoisotopic (exact) mass is 286 g/mol. The number of rotatable bonds is 4. The van der Waals surface area contributed by atoms with Gasteiger partial charge in [0.2, 0.25) is 0 Å². The van der Waals surface area contributed by atoms with Gasteiger partial charge >= 0.3 is 0 Å². The second-order valence-corrected chi connectivity index (χ2v) is 4.19. The molecule has 2 aromatic rings. The first-order chi connectivity index (χ1) is 9.10. The summed E-state index contributed by atoms with van der Waals surface area (Å²) in [7, 11) is 0. The van der Waals surface area contributed by atoms with E-state index in [0.29, 0.717) is 5.56 Å². The fourth-order valence-corrected chi connectivity index (χ4v) is 1.71. The molecule has 100 valence electrons. The van der Waals surface area contributed by atoms with Crippen LogP contribution in [-0.4, -0.2) is 0 Å². The normalized spacial score (nSPS) is 10.5. The lowest BCUT2D eigenvalue weighted by molar-refractivity contribution is 0.284. The van der Waals surface area contributed by atoms with Crippen LogP contribution in [0.1, 0.15) is 11.1 Å². The molecule has 0 bridgehead atoms. The fraction of sp³-hybridized carbons (Fsp3) is 0.143. The van der Waals surface area contributed by atoms with E-state index in [9.17, 15) is 13.2 Å². The van der Waals surface area contributed by atoms with Crippen molar-refractivity contribution < 1.29 is 17.9 Å². The van der Waals surface area contributed by atoms with E-state index in [1.54, 1.807) is 6.07 Å². The number of halogens is 4. The number of hydrogen-bond donors (Lipinski definition) is 0. The van der Waals surface area contributed by atoms with E-state index < -0.39 is 17.5 Å². The van der Waals surface area contributed by atoms with Crippen LogP contribution in [0, 0.1) is 17.5 Å². The zero-order valence-corrected chi connectivity index (χ0v) is 10.6. The van der Waals surface area contributed by atoms with Gasteiger partial charge in [-0.1, -0.05) is 6.07 Å². The van der Waals surface area contributed by atoms with Crippen LogP contribution < -0.4 is 4.74 Å². The smallest absolute Gasteiger partial charge is 0.165 e. The highest BCUT2D eigenvalue weighted by atomic mass is 35.5. The molecule has 0 atom stereocenters. The van der Waals surface area contributed by atoms with E-state index in [2.05, 4.69) is 0 Å². The van der Waals surface area contributed by atoms with Crippen molar-refractivity contribution in [1.29, 1.82) is 0 Å². The minimum absolute atomic E-state index is 0.00223. The molecule has 5 heteroatoms.